The maximum atomic E-state index is 12.2. The Hall–Kier alpha value is -2.18. The average molecular weight is 278 g/mol. The number of amides is 1. The van der Waals surface area contributed by atoms with Crippen molar-refractivity contribution in [3.8, 4) is 0 Å². The normalized spacial score (nSPS) is 20.6. The number of anilines is 1. The highest BCUT2D eigenvalue weighted by atomic mass is 16.6. The van der Waals surface area contributed by atoms with Crippen LogP contribution in [0.4, 0.5) is 11.5 Å². The Morgan fingerprint density at radius 2 is 2.30 bits per heavy atom. The number of carbonyl (C=O) groups is 1. The summed E-state index contributed by atoms with van der Waals surface area (Å²) in [5.41, 5.74) is 5.66. The number of rotatable bonds is 3. The molecule has 0 radical (unpaired) electrons. The molecule has 1 unspecified atom stereocenters. The van der Waals surface area contributed by atoms with Crippen LogP contribution < -0.4 is 11.1 Å². The van der Waals surface area contributed by atoms with Gasteiger partial charge >= 0.3 is 0 Å². The van der Waals surface area contributed by atoms with E-state index < -0.39 is 10.8 Å². The van der Waals surface area contributed by atoms with Gasteiger partial charge in [0.1, 0.15) is 12.0 Å². The summed E-state index contributed by atoms with van der Waals surface area (Å²) >= 11 is 0. The molecule has 1 aromatic rings. The molecule has 20 heavy (non-hydrogen) atoms. The zero-order valence-corrected chi connectivity index (χ0v) is 11.5. The molecule has 0 aromatic carbocycles. The number of pyridine rings is 1. The number of hydrogen-bond donors (Lipinski definition) is 2. The molecule has 7 nitrogen and oxygen atoms in total. The van der Waals surface area contributed by atoms with Crippen molar-refractivity contribution in [3.63, 3.8) is 0 Å². The highest BCUT2D eigenvalue weighted by Crippen LogP contribution is 2.37. The molecule has 0 bridgehead atoms. The summed E-state index contributed by atoms with van der Waals surface area (Å²) in [4.78, 5) is 26.0. The first-order chi connectivity index (χ1) is 9.28. The quantitative estimate of drug-likeness (QED) is 0.647. The first-order valence-corrected chi connectivity index (χ1v) is 6.49. The summed E-state index contributed by atoms with van der Waals surface area (Å²) in [5, 5.41) is 13.6. The minimum Gasteiger partial charge on any atom is -0.383 e. The molecule has 1 heterocycles. The Morgan fingerprint density at radius 3 is 2.85 bits per heavy atom. The van der Waals surface area contributed by atoms with Crippen LogP contribution in [0.2, 0.25) is 0 Å². The van der Waals surface area contributed by atoms with Gasteiger partial charge < -0.3 is 11.1 Å². The highest BCUT2D eigenvalue weighted by molar-refractivity contribution is 5.99. The van der Waals surface area contributed by atoms with Crippen LogP contribution in [0.3, 0.4) is 0 Å². The third kappa shape index (κ3) is 3.04. The lowest BCUT2D eigenvalue weighted by Gasteiger charge is -2.18. The van der Waals surface area contributed by atoms with Gasteiger partial charge in [-0.15, -0.1) is 0 Å². The number of nitrogen functional groups attached to an aromatic ring is 1. The van der Waals surface area contributed by atoms with Crippen molar-refractivity contribution in [2.45, 2.75) is 39.2 Å². The summed E-state index contributed by atoms with van der Waals surface area (Å²) < 4.78 is 0. The predicted octanol–water partition coefficient (Wildman–Crippen LogP) is 1.88. The fourth-order valence-corrected chi connectivity index (χ4v) is 2.57. The van der Waals surface area contributed by atoms with E-state index in [1.807, 2.05) is 0 Å². The van der Waals surface area contributed by atoms with E-state index in [1.54, 1.807) is 0 Å². The standard InChI is InChI=1S/C13H18N4O3/c1-13(2)4-3-8(6-13)16-12(18)10-5-9(17(19)20)7-15-11(10)14/h5,7-8H,3-4,6H2,1-2H3,(H2,14,15)(H,16,18). The minimum atomic E-state index is -0.595. The van der Waals surface area contributed by atoms with E-state index >= 15 is 0 Å². The first-order valence-electron chi connectivity index (χ1n) is 6.49. The molecule has 1 atom stereocenters. The van der Waals surface area contributed by atoms with Crippen molar-refractivity contribution in [2.24, 2.45) is 5.41 Å². The number of carbonyl (C=O) groups excluding carboxylic acids is 1. The largest absolute Gasteiger partial charge is 0.383 e. The third-order valence-electron chi connectivity index (χ3n) is 3.66. The van der Waals surface area contributed by atoms with Crippen LogP contribution in [0.1, 0.15) is 43.5 Å². The van der Waals surface area contributed by atoms with Crippen molar-refractivity contribution in [1.82, 2.24) is 10.3 Å². The Balaban J connectivity index is 2.13. The topological polar surface area (TPSA) is 111 Å². The fraction of sp³-hybridized carbons (Fsp3) is 0.538. The molecule has 1 aromatic heterocycles. The third-order valence-corrected chi connectivity index (χ3v) is 3.66. The van der Waals surface area contributed by atoms with Gasteiger partial charge in [-0.3, -0.25) is 14.9 Å². The number of aromatic nitrogens is 1. The van der Waals surface area contributed by atoms with Gasteiger partial charge in [-0.05, 0) is 24.7 Å². The van der Waals surface area contributed by atoms with Crippen LogP contribution in [0.5, 0.6) is 0 Å². The van der Waals surface area contributed by atoms with Crippen molar-refractivity contribution >= 4 is 17.4 Å². The van der Waals surface area contributed by atoms with Crippen molar-refractivity contribution < 1.29 is 9.72 Å². The second-order valence-corrected chi connectivity index (χ2v) is 5.96. The Labute approximate surface area is 116 Å². The minimum absolute atomic E-state index is 0.00496. The molecule has 7 heteroatoms. The van der Waals surface area contributed by atoms with Crippen molar-refractivity contribution in [3.05, 3.63) is 27.9 Å². The van der Waals surface area contributed by atoms with E-state index in [0.29, 0.717) is 0 Å². The summed E-state index contributed by atoms with van der Waals surface area (Å²) in [6.07, 6.45) is 3.88. The molecular formula is C13H18N4O3. The SMILES string of the molecule is CC1(C)CCC(NC(=O)c2cc([N+](=O)[O-])cnc2N)C1. The van der Waals surface area contributed by atoms with Gasteiger partial charge in [-0.2, -0.15) is 0 Å². The van der Waals surface area contributed by atoms with Crippen LogP contribution in [0, 0.1) is 15.5 Å². The molecule has 108 valence electrons. The van der Waals surface area contributed by atoms with E-state index in [4.69, 9.17) is 5.73 Å². The van der Waals surface area contributed by atoms with Crippen LogP contribution in [0.25, 0.3) is 0 Å². The molecule has 3 N–H and O–H groups in total. The molecule has 0 saturated heterocycles. The summed E-state index contributed by atoms with van der Waals surface area (Å²) in [6, 6.07) is 1.24. The second kappa shape index (κ2) is 5.07. The average Bonchev–Trinajstić information content (AvgIpc) is 2.68. The van der Waals surface area contributed by atoms with Crippen molar-refractivity contribution in [2.75, 3.05) is 5.73 Å². The van der Waals surface area contributed by atoms with Gasteiger partial charge in [-0.1, -0.05) is 13.8 Å². The molecular weight excluding hydrogens is 260 g/mol. The van der Waals surface area contributed by atoms with Crippen LogP contribution in [-0.4, -0.2) is 21.9 Å². The van der Waals surface area contributed by atoms with Crippen molar-refractivity contribution in [1.29, 1.82) is 0 Å². The first kappa shape index (κ1) is 14.2. The fourth-order valence-electron chi connectivity index (χ4n) is 2.57. The number of nitrogens with one attached hydrogen (secondary N) is 1. The molecule has 0 aliphatic heterocycles. The van der Waals surface area contributed by atoms with Gasteiger partial charge in [0.05, 0.1) is 10.5 Å². The summed E-state index contributed by atoms with van der Waals surface area (Å²) in [7, 11) is 0. The van der Waals surface area contributed by atoms with Gasteiger partial charge in [0.15, 0.2) is 0 Å². The molecule has 1 aliphatic rings. The zero-order valence-electron chi connectivity index (χ0n) is 11.5. The van der Waals surface area contributed by atoms with Gasteiger partial charge in [0, 0.05) is 12.1 Å². The van der Waals surface area contributed by atoms with Gasteiger partial charge in [0.25, 0.3) is 11.6 Å². The number of nitrogens with zero attached hydrogens (tertiary/aromatic N) is 2. The highest BCUT2D eigenvalue weighted by Gasteiger charge is 2.32. The van der Waals surface area contributed by atoms with E-state index in [1.165, 1.54) is 0 Å². The molecule has 1 aliphatic carbocycles. The Kier molecular flexibility index (Phi) is 3.61. The lowest BCUT2D eigenvalue weighted by Crippen LogP contribution is -2.34. The second-order valence-electron chi connectivity index (χ2n) is 5.96. The zero-order chi connectivity index (χ0) is 14.9. The molecule has 1 saturated carbocycles. The Morgan fingerprint density at radius 1 is 1.60 bits per heavy atom. The van der Waals surface area contributed by atoms with E-state index in [9.17, 15) is 14.9 Å². The van der Waals surface area contributed by atoms with E-state index in [-0.39, 0.29) is 28.5 Å². The van der Waals surface area contributed by atoms with Gasteiger partial charge in [-0.25, -0.2) is 4.98 Å². The van der Waals surface area contributed by atoms with E-state index in [2.05, 4.69) is 24.1 Å². The van der Waals surface area contributed by atoms with Crippen LogP contribution in [0.15, 0.2) is 12.3 Å². The molecule has 1 fully saturated rings. The Bertz CT molecular complexity index is 557. The molecule has 2 rings (SSSR count). The predicted molar refractivity (Wildman–Crippen MR) is 74.2 cm³/mol. The summed E-state index contributed by atoms with van der Waals surface area (Å²) in [5.74, 6) is -0.397. The smallest absolute Gasteiger partial charge is 0.288 e. The molecule has 1 amide bonds. The number of nitro groups is 1. The number of nitrogens with two attached hydrogens (primary N) is 1. The van der Waals surface area contributed by atoms with Crippen LogP contribution >= 0.6 is 0 Å². The van der Waals surface area contributed by atoms with Crippen LogP contribution in [-0.2, 0) is 0 Å². The lowest BCUT2D eigenvalue weighted by atomic mass is 9.92. The summed E-state index contributed by atoms with van der Waals surface area (Å²) in [6.45, 7) is 4.31. The van der Waals surface area contributed by atoms with Gasteiger partial charge in [0.2, 0.25) is 0 Å². The van der Waals surface area contributed by atoms with E-state index in [0.717, 1.165) is 31.5 Å². The maximum absolute atomic E-state index is 12.2. The number of hydrogen-bond acceptors (Lipinski definition) is 5. The monoisotopic (exact) mass is 278 g/mol. The maximum Gasteiger partial charge on any atom is 0.288 e. The molecule has 0 spiro atoms. The lowest BCUT2D eigenvalue weighted by molar-refractivity contribution is -0.385.